The van der Waals surface area contributed by atoms with Crippen molar-refractivity contribution in [1.82, 2.24) is 20.4 Å². The van der Waals surface area contributed by atoms with E-state index in [1.54, 1.807) is 18.9 Å². The molecule has 0 radical (unpaired) electrons. The highest BCUT2D eigenvalue weighted by atomic mass is 32.2. The van der Waals surface area contributed by atoms with Gasteiger partial charge in [-0.2, -0.15) is 10.3 Å². The summed E-state index contributed by atoms with van der Waals surface area (Å²) in [5, 5.41) is 10.5. The van der Waals surface area contributed by atoms with E-state index >= 15 is 0 Å². The molecule has 0 spiro atoms. The molecular formula is C13H12N4OS. The van der Waals surface area contributed by atoms with Gasteiger partial charge in [-0.15, -0.1) is 16.9 Å². The van der Waals surface area contributed by atoms with Gasteiger partial charge in [-0.1, -0.05) is 12.1 Å². The van der Waals surface area contributed by atoms with Crippen molar-refractivity contribution in [3.8, 4) is 5.75 Å². The Kier molecular flexibility index (Phi) is 3.33. The molecule has 0 saturated heterocycles. The largest absolute Gasteiger partial charge is 0.497 e. The van der Waals surface area contributed by atoms with E-state index < -0.39 is 0 Å². The zero-order valence-corrected chi connectivity index (χ0v) is 11.1. The molecule has 6 heteroatoms. The molecular weight excluding hydrogens is 260 g/mol. The zero-order valence-electron chi connectivity index (χ0n) is 10.3. The van der Waals surface area contributed by atoms with Crippen LogP contribution >= 0.6 is 11.8 Å². The van der Waals surface area contributed by atoms with Crippen molar-refractivity contribution in [3.05, 3.63) is 42.1 Å². The van der Waals surface area contributed by atoms with E-state index in [-0.39, 0.29) is 0 Å². The van der Waals surface area contributed by atoms with Crippen molar-refractivity contribution >= 4 is 22.9 Å². The van der Waals surface area contributed by atoms with E-state index in [1.165, 1.54) is 5.56 Å². The number of aromatic amines is 1. The van der Waals surface area contributed by atoms with Crippen LogP contribution in [-0.2, 0) is 5.75 Å². The molecule has 0 amide bonds. The lowest BCUT2D eigenvalue weighted by Crippen LogP contribution is -1.85. The molecule has 0 bridgehead atoms. The Morgan fingerprint density at radius 2 is 2.05 bits per heavy atom. The third-order valence-corrected chi connectivity index (χ3v) is 3.75. The second-order valence-electron chi connectivity index (χ2n) is 3.97. The summed E-state index contributed by atoms with van der Waals surface area (Å²) in [4.78, 5) is 5.32. The molecule has 0 aliphatic rings. The first kappa shape index (κ1) is 12.0. The second kappa shape index (κ2) is 5.27. The minimum absolute atomic E-state index is 0.647. The van der Waals surface area contributed by atoms with Gasteiger partial charge >= 0.3 is 0 Å². The predicted octanol–water partition coefficient (Wildman–Crippen LogP) is 2.65. The number of fused-ring (bicyclic) bond motifs is 1. The summed E-state index contributed by atoms with van der Waals surface area (Å²) in [7, 11) is 1.67. The normalized spacial score (nSPS) is 10.8. The van der Waals surface area contributed by atoms with Crippen LogP contribution in [0.15, 0.2) is 41.4 Å². The molecule has 3 rings (SSSR count). The standard InChI is InChI=1S/C13H12N4OS/c1-18-10-4-2-9(3-5-10)8-19-11-6-12-13(14-7-11)16-17-15-12/h2-7H,8H2,1H3,(H,14,15,16,17). The molecule has 1 N–H and O–H groups in total. The van der Waals surface area contributed by atoms with Crippen molar-refractivity contribution in [2.24, 2.45) is 0 Å². The van der Waals surface area contributed by atoms with E-state index in [4.69, 9.17) is 4.74 Å². The Bertz CT molecular complexity index is 680. The first-order valence-electron chi connectivity index (χ1n) is 5.77. The first-order chi connectivity index (χ1) is 9.35. The zero-order chi connectivity index (χ0) is 13.1. The topological polar surface area (TPSA) is 63.7 Å². The summed E-state index contributed by atoms with van der Waals surface area (Å²) in [6, 6.07) is 10.0. The minimum Gasteiger partial charge on any atom is -0.497 e. The molecule has 1 aromatic carbocycles. The van der Waals surface area contributed by atoms with Crippen LogP contribution in [0, 0.1) is 0 Å². The number of hydrogen-bond donors (Lipinski definition) is 1. The molecule has 0 saturated carbocycles. The molecule has 5 nitrogen and oxygen atoms in total. The van der Waals surface area contributed by atoms with Crippen LogP contribution in [0.4, 0.5) is 0 Å². The molecule has 0 aliphatic heterocycles. The average Bonchev–Trinajstić information content (AvgIpc) is 2.93. The lowest BCUT2D eigenvalue weighted by atomic mass is 10.2. The maximum atomic E-state index is 5.14. The summed E-state index contributed by atoms with van der Waals surface area (Å²) in [6.45, 7) is 0. The number of nitrogens with one attached hydrogen (secondary N) is 1. The molecule has 96 valence electrons. The fraction of sp³-hybridized carbons (Fsp3) is 0.154. The summed E-state index contributed by atoms with van der Waals surface area (Å²) >= 11 is 1.72. The number of hydrogen-bond acceptors (Lipinski definition) is 5. The lowest BCUT2D eigenvalue weighted by molar-refractivity contribution is 0.414. The quantitative estimate of drug-likeness (QED) is 0.740. The van der Waals surface area contributed by atoms with E-state index in [0.717, 1.165) is 21.9 Å². The van der Waals surface area contributed by atoms with Gasteiger partial charge in [-0.3, -0.25) is 0 Å². The molecule has 0 atom stereocenters. The van der Waals surface area contributed by atoms with Crippen LogP contribution in [-0.4, -0.2) is 27.5 Å². The third-order valence-electron chi connectivity index (χ3n) is 2.71. The summed E-state index contributed by atoms with van der Waals surface area (Å²) in [6.07, 6.45) is 1.82. The third kappa shape index (κ3) is 2.68. The van der Waals surface area contributed by atoms with Crippen LogP contribution in [0.25, 0.3) is 11.2 Å². The summed E-state index contributed by atoms with van der Waals surface area (Å²) in [5.74, 6) is 1.76. The number of H-pyrrole nitrogens is 1. The van der Waals surface area contributed by atoms with Crippen LogP contribution in [0.1, 0.15) is 5.56 Å². The van der Waals surface area contributed by atoms with Gasteiger partial charge in [0.1, 0.15) is 11.3 Å². The fourth-order valence-corrected chi connectivity index (χ4v) is 2.54. The predicted molar refractivity (Wildman–Crippen MR) is 74.2 cm³/mol. The smallest absolute Gasteiger partial charge is 0.201 e. The van der Waals surface area contributed by atoms with Gasteiger partial charge in [0, 0.05) is 16.8 Å². The number of pyridine rings is 1. The van der Waals surface area contributed by atoms with E-state index in [2.05, 4.69) is 32.5 Å². The van der Waals surface area contributed by atoms with Gasteiger partial charge in [-0.05, 0) is 23.8 Å². The number of thioether (sulfide) groups is 1. The number of nitrogens with zero attached hydrogens (tertiary/aromatic N) is 3. The Balaban J connectivity index is 1.70. The number of benzene rings is 1. The summed E-state index contributed by atoms with van der Waals surface area (Å²) < 4.78 is 5.14. The first-order valence-corrected chi connectivity index (χ1v) is 6.76. The number of rotatable bonds is 4. The van der Waals surface area contributed by atoms with E-state index in [0.29, 0.717) is 5.65 Å². The maximum absolute atomic E-state index is 5.14. The number of ether oxygens (including phenoxy) is 1. The van der Waals surface area contributed by atoms with Crippen LogP contribution in [0.5, 0.6) is 5.75 Å². The Morgan fingerprint density at radius 1 is 1.21 bits per heavy atom. The van der Waals surface area contributed by atoms with Crippen LogP contribution in [0.2, 0.25) is 0 Å². The second-order valence-corrected chi connectivity index (χ2v) is 5.02. The molecule has 19 heavy (non-hydrogen) atoms. The van der Waals surface area contributed by atoms with Gasteiger partial charge in [0.25, 0.3) is 0 Å². The van der Waals surface area contributed by atoms with Crippen molar-refractivity contribution in [1.29, 1.82) is 0 Å². The molecule has 0 unspecified atom stereocenters. The highest BCUT2D eigenvalue weighted by molar-refractivity contribution is 7.98. The monoisotopic (exact) mass is 272 g/mol. The summed E-state index contributed by atoms with van der Waals surface area (Å²) in [5.41, 5.74) is 2.68. The van der Waals surface area contributed by atoms with Crippen molar-refractivity contribution in [2.75, 3.05) is 7.11 Å². The van der Waals surface area contributed by atoms with Gasteiger partial charge in [0.2, 0.25) is 5.65 Å². The van der Waals surface area contributed by atoms with Crippen molar-refractivity contribution < 1.29 is 4.74 Å². The van der Waals surface area contributed by atoms with Gasteiger partial charge < -0.3 is 4.74 Å². The Labute approximate surface area is 114 Å². The highest BCUT2D eigenvalue weighted by Crippen LogP contribution is 2.24. The van der Waals surface area contributed by atoms with Crippen molar-refractivity contribution in [3.63, 3.8) is 0 Å². The Morgan fingerprint density at radius 3 is 2.84 bits per heavy atom. The van der Waals surface area contributed by atoms with Crippen molar-refractivity contribution in [2.45, 2.75) is 10.6 Å². The molecule has 2 aromatic heterocycles. The minimum atomic E-state index is 0.647. The lowest BCUT2D eigenvalue weighted by Gasteiger charge is -2.03. The van der Waals surface area contributed by atoms with Crippen LogP contribution in [0.3, 0.4) is 0 Å². The molecule has 3 aromatic rings. The van der Waals surface area contributed by atoms with Gasteiger partial charge in [-0.25, -0.2) is 4.98 Å². The number of aromatic nitrogens is 4. The van der Waals surface area contributed by atoms with Gasteiger partial charge in [0.15, 0.2) is 0 Å². The number of methoxy groups -OCH3 is 1. The maximum Gasteiger partial charge on any atom is 0.201 e. The molecule has 0 fully saturated rings. The van der Waals surface area contributed by atoms with E-state index in [9.17, 15) is 0 Å². The van der Waals surface area contributed by atoms with Crippen LogP contribution < -0.4 is 4.74 Å². The molecule has 0 aliphatic carbocycles. The average molecular weight is 272 g/mol. The molecule has 2 heterocycles. The fourth-order valence-electron chi connectivity index (χ4n) is 1.69. The highest BCUT2D eigenvalue weighted by Gasteiger charge is 2.02. The Hall–Kier alpha value is -2.08. The SMILES string of the molecule is COc1ccc(CSc2cnc3n[nH]nc3c2)cc1. The van der Waals surface area contributed by atoms with Gasteiger partial charge in [0.05, 0.1) is 7.11 Å². The van der Waals surface area contributed by atoms with E-state index in [1.807, 2.05) is 24.4 Å².